The van der Waals surface area contributed by atoms with Gasteiger partial charge in [-0.05, 0) is 49.7 Å². The van der Waals surface area contributed by atoms with Crippen molar-refractivity contribution in [1.29, 1.82) is 0 Å². The Balaban J connectivity index is 1.65. The van der Waals surface area contributed by atoms with Crippen LogP contribution in [0.25, 0.3) is 0 Å². The number of hydrogen-bond acceptors (Lipinski definition) is 3. The fourth-order valence-corrected chi connectivity index (χ4v) is 4.53. The molecule has 3 unspecified atom stereocenters. The van der Waals surface area contributed by atoms with E-state index in [4.69, 9.17) is 5.11 Å². The highest BCUT2D eigenvalue weighted by molar-refractivity contribution is 7.14. The molecule has 2 aliphatic carbocycles. The number of fused-ring (bicyclic) bond motifs is 2. The highest BCUT2D eigenvalue weighted by atomic mass is 32.1. The first kappa shape index (κ1) is 14.6. The number of hydrogen-bond donors (Lipinski definition) is 2. The van der Waals surface area contributed by atoms with Gasteiger partial charge in [0.25, 0.3) is 5.91 Å². The van der Waals surface area contributed by atoms with Gasteiger partial charge < -0.3 is 10.4 Å². The Kier molecular flexibility index (Phi) is 4.32. The molecule has 21 heavy (non-hydrogen) atoms. The second-order valence-corrected chi connectivity index (χ2v) is 7.21. The number of nitrogens with one attached hydrogen (secondary N) is 1. The third-order valence-electron chi connectivity index (χ3n) is 4.63. The van der Waals surface area contributed by atoms with E-state index in [9.17, 15) is 4.79 Å². The summed E-state index contributed by atoms with van der Waals surface area (Å²) in [5, 5.41) is 12.0. The molecule has 1 amide bonds. The molecule has 3 atom stereocenters. The molecule has 4 heteroatoms. The second-order valence-electron chi connectivity index (χ2n) is 6.15. The van der Waals surface area contributed by atoms with E-state index in [0.29, 0.717) is 18.4 Å². The van der Waals surface area contributed by atoms with Gasteiger partial charge in [0.2, 0.25) is 0 Å². The van der Waals surface area contributed by atoms with Crippen LogP contribution in [0.4, 0.5) is 0 Å². The predicted molar refractivity (Wildman–Crippen MR) is 84.3 cm³/mol. The summed E-state index contributed by atoms with van der Waals surface area (Å²) in [5.74, 6) is 7.54. The maximum atomic E-state index is 12.4. The molecule has 1 aromatic rings. The summed E-state index contributed by atoms with van der Waals surface area (Å²) < 4.78 is 0. The van der Waals surface area contributed by atoms with Gasteiger partial charge in [0.1, 0.15) is 0 Å². The van der Waals surface area contributed by atoms with Crippen molar-refractivity contribution < 1.29 is 9.90 Å². The number of carbonyl (C=O) groups is 1. The summed E-state index contributed by atoms with van der Waals surface area (Å²) in [7, 11) is 0. The van der Waals surface area contributed by atoms with Crippen molar-refractivity contribution in [2.75, 3.05) is 6.61 Å². The molecule has 2 aliphatic rings. The molecular weight excluding hydrogens is 282 g/mol. The quantitative estimate of drug-likeness (QED) is 0.844. The van der Waals surface area contributed by atoms with Crippen molar-refractivity contribution in [3.8, 4) is 11.8 Å². The van der Waals surface area contributed by atoms with Gasteiger partial charge in [-0.2, -0.15) is 0 Å². The van der Waals surface area contributed by atoms with Crippen molar-refractivity contribution >= 4 is 17.2 Å². The van der Waals surface area contributed by atoms with Gasteiger partial charge in [-0.1, -0.05) is 18.3 Å². The summed E-state index contributed by atoms with van der Waals surface area (Å²) in [5.41, 5.74) is 1.04. The van der Waals surface area contributed by atoms with Crippen LogP contribution < -0.4 is 5.32 Å². The zero-order chi connectivity index (χ0) is 14.8. The van der Waals surface area contributed by atoms with Crippen LogP contribution in [-0.4, -0.2) is 23.7 Å². The van der Waals surface area contributed by atoms with E-state index in [1.807, 2.05) is 13.0 Å². The van der Waals surface area contributed by atoms with Crippen molar-refractivity contribution in [1.82, 2.24) is 5.32 Å². The van der Waals surface area contributed by atoms with Gasteiger partial charge >= 0.3 is 0 Å². The molecule has 0 spiro atoms. The van der Waals surface area contributed by atoms with Gasteiger partial charge in [-0.25, -0.2) is 0 Å². The van der Waals surface area contributed by atoms with Gasteiger partial charge in [-0.15, -0.1) is 11.3 Å². The standard InChI is InChI=1S/C17H21NO2S/c1-11-8-16(21-15(11)4-2-3-7-19)17(20)18-14-10-12-5-6-13(14)9-12/h8,12-14,19H,3,5-7,9-10H2,1H3,(H,18,20). The molecule has 2 bridgehead atoms. The molecule has 0 radical (unpaired) electrons. The number of aliphatic hydroxyl groups excluding tert-OH is 1. The summed E-state index contributed by atoms with van der Waals surface area (Å²) in [4.78, 5) is 14.1. The van der Waals surface area contributed by atoms with E-state index in [1.165, 1.54) is 30.6 Å². The number of aryl methyl sites for hydroxylation is 1. The first-order valence-corrected chi connectivity index (χ1v) is 8.50. The summed E-state index contributed by atoms with van der Waals surface area (Å²) in [6.07, 6.45) is 5.55. The molecule has 0 saturated heterocycles. The fourth-order valence-electron chi connectivity index (χ4n) is 3.58. The highest BCUT2D eigenvalue weighted by Gasteiger charge is 2.40. The van der Waals surface area contributed by atoms with Crippen LogP contribution >= 0.6 is 11.3 Å². The smallest absolute Gasteiger partial charge is 0.261 e. The van der Waals surface area contributed by atoms with Crippen LogP contribution in [0.2, 0.25) is 0 Å². The molecule has 0 aliphatic heterocycles. The maximum absolute atomic E-state index is 12.4. The lowest BCUT2D eigenvalue weighted by molar-refractivity contribution is 0.0927. The third-order valence-corrected chi connectivity index (χ3v) is 5.79. The molecule has 3 nitrogen and oxygen atoms in total. The van der Waals surface area contributed by atoms with Crippen LogP contribution in [0.3, 0.4) is 0 Å². The Hall–Kier alpha value is -1.31. The van der Waals surface area contributed by atoms with Gasteiger partial charge in [0.05, 0.1) is 16.4 Å². The predicted octanol–water partition coefficient (Wildman–Crippen LogP) is 2.71. The van der Waals surface area contributed by atoms with E-state index in [1.54, 1.807) is 0 Å². The van der Waals surface area contributed by atoms with Crippen molar-refractivity contribution in [2.24, 2.45) is 11.8 Å². The van der Waals surface area contributed by atoms with Gasteiger partial charge in [0, 0.05) is 12.5 Å². The average molecular weight is 303 g/mol. The largest absolute Gasteiger partial charge is 0.395 e. The Labute approximate surface area is 129 Å². The van der Waals surface area contributed by atoms with Crippen LogP contribution in [0.15, 0.2) is 6.07 Å². The number of aliphatic hydroxyl groups is 1. The lowest BCUT2D eigenvalue weighted by Gasteiger charge is -2.22. The number of thiophene rings is 1. The minimum absolute atomic E-state index is 0.0517. The molecule has 2 fully saturated rings. The number of amides is 1. The average Bonchev–Trinajstić information content (AvgIpc) is 3.15. The Morgan fingerprint density at radius 2 is 2.33 bits per heavy atom. The molecule has 1 aromatic heterocycles. The highest BCUT2D eigenvalue weighted by Crippen LogP contribution is 2.44. The van der Waals surface area contributed by atoms with Crippen LogP contribution in [-0.2, 0) is 0 Å². The van der Waals surface area contributed by atoms with E-state index in [2.05, 4.69) is 17.2 Å². The third kappa shape index (κ3) is 3.14. The number of rotatable bonds is 3. The first-order chi connectivity index (χ1) is 10.2. The normalized spacial score (nSPS) is 26.5. The van der Waals surface area contributed by atoms with Gasteiger partial charge in [-0.3, -0.25) is 4.79 Å². The summed E-state index contributed by atoms with van der Waals surface area (Å²) in [6, 6.07) is 2.30. The molecule has 2 N–H and O–H groups in total. The van der Waals surface area contributed by atoms with Crippen molar-refractivity contribution in [3.05, 3.63) is 21.4 Å². The topological polar surface area (TPSA) is 49.3 Å². The monoisotopic (exact) mass is 303 g/mol. The van der Waals surface area contributed by atoms with E-state index >= 15 is 0 Å². The Morgan fingerprint density at radius 1 is 1.48 bits per heavy atom. The van der Waals surface area contributed by atoms with E-state index in [0.717, 1.165) is 27.7 Å². The molecule has 112 valence electrons. The number of carbonyl (C=O) groups excluding carboxylic acids is 1. The first-order valence-electron chi connectivity index (χ1n) is 7.68. The molecule has 0 aromatic carbocycles. The van der Waals surface area contributed by atoms with Crippen LogP contribution in [0, 0.1) is 30.6 Å². The zero-order valence-electron chi connectivity index (χ0n) is 12.3. The van der Waals surface area contributed by atoms with E-state index < -0.39 is 0 Å². The zero-order valence-corrected chi connectivity index (χ0v) is 13.1. The van der Waals surface area contributed by atoms with Crippen molar-refractivity contribution in [3.63, 3.8) is 0 Å². The molecule has 1 heterocycles. The lowest BCUT2D eigenvalue weighted by Crippen LogP contribution is -2.38. The molecule has 3 rings (SSSR count). The molecule has 2 saturated carbocycles. The Morgan fingerprint density at radius 3 is 3.00 bits per heavy atom. The minimum Gasteiger partial charge on any atom is -0.395 e. The van der Waals surface area contributed by atoms with E-state index in [-0.39, 0.29) is 12.5 Å². The van der Waals surface area contributed by atoms with Crippen LogP contribution in [0.5, 0.6) is 0 Å². The second kappa shape index (κ2) is 6.21. The van der Waals surface area contributed by atoms with Crippen LogP contribution in [0.1, 0.15) is 52.2 Å². The maximum Gasteiger partial charge on any atom is 0.261 e. The SMILES string of the molecule is Cc1cc(C(=O)NC2CC3CCC2C3)sc1C#CCCO. The summed E-state index contributed by atoms with van der Waals surface area (Å²) >= 11 is 1.45. The van der Waals surface area contributed by atoms with Crippen molar-refractivity contribution in [2.45, 2.75) is 45.1 Å². The lowest BCUT2D eigenvalue weighted by atomic mass is 9.95. The fraction of sp³-hybridized carbons (Fsp3) is 0.588. The molecular formula is C17H21NO2S. The Bertz CT molecular complexity index is 596. The van der Waals surface area contributed by atoms with Gasteiger partial charge in [0.15, 0.2) is 0 Å². The minimum atomic E-state index is 0.0517. The summed E-state index contributed by atoms with van der Waals surface area (Å²) in [6.45, 7) is 2.06.